The highest BCUT2D eigenvalue weighted by molar-refractivity contribution is 7.91. The van der Waals surface area contributed by atoms with Crippen molar-refractivity contribution in [3.05, 3.63) is 30.3 Å². The van der Waals surface area contributed by atoms with Gasteiger partial charge in [-0.2, -0.15) is 0 Å². The van der Waals surface area contributed by atoms with Gasteiger partial charge < -0.3 is 19.7 Å². The molecule has 0 saturated carbocycles. The molecule has 0 spiro atoms. The van der Waals surface area contributed by atoms with Gasteiger partial charge >= 0.3 is 0 Å². The maximum atomic E-state index is 12.2. The molecule has 0 radical (unpaired) electrons. The largest absolute Gasteiger partial charge is 0.394 e. The quantitative estimate of drug-likeness (QED) is 0.813. The van der Waals surface area contributed by atoms with E-state index in [1.54, 1.807) is 32.0 Å². The predicted octanol–water partition coefficient (Wildman–Crippen LogP) is 0.334. The van der Waals surface area contributed by atoms with Crippen LogP contribution in [0.3, 0.4) is 0 Å². The van der Waals surface area contributed by atoms with Crippen molar-refractivity contribution in [1.82, 2.24) is 0 Å². The SMILES string of the molecule is CC1(C)O[C@@H]([C@H](O)CS(=O)(=O)c2ccccc2)[C@@H](CO)O1. The van der Waals surface area contributed by atoms with Crippen LogP contribution in [0.5, 0.6) is 0 Å². The second kappa shape index (κ2) is 6.02. The van der Waals surface area contributed by atoms with Gasteiger partial charge in [0.15, 0.2) is 15.6 Å². The number of ether oxygens (including phenoxy) is 2. The Kier molecular flexibility index (Phi) is 4.69. The van der Waals surface area contributed by atoms with E-state index in [1.807, 2.05) is 0 Å². The normalized spacial score (nSPS) is 26.7. The van der Waals surface area contributed by atoms with Crippen LogP contribution in [0, 0.1) is 0 Å². The Balaban J connectivity index is 2.13. The standard InChI is InChI=1S/C14H20O6S/c1-14(2)19-12(8-15)13(20-14)11(16)9-21(17,18)10-6-4-3-5-7-10/h3-7,11-13,15-16H,8-9H2,1-2H3/t11-,12-,13+/m1/s1. The highest BCUT2D eigenvalue weighted by Crippen LogP contribution is 2.30. The summed E-state index contributed by atoms with van der Waals surface area (Å²) in [5.74, 6) is -1.45. The molecule has 0 aliphatic carbocycles. The Labute approximate surface area is 124 Å². The molecule has 6 nitrogen and oxygen atoms in total. The minimum atomic E-state index is -3.63. The molecule has 3 atom stereocenters. The second-order valence-corrected chi connectivity index (χ2v) is 7.52. The van der Waals surface area contributed by atoms with Crippen molar-refractivity contribution >= 4 is 9.84 Å². The summed E-state index contributed by atoms with van der Waals surface area (Å²) in [6, 6.07) is 7.90. The Morgan fingerprint density at radius 1 is 1.24 bits per heavy atom. The van der Waals surface area contributed by atoms with Crippen LogP contribution in [0.1, 0.15) is 13.8 Å². The van der Waals surface area contributed by atoms with Crippen molar-refractivity contribution < 1.29 is 28.1 Å². The third-order valence-corrected chi connectivity index (χ3v) is 5.04. The molecule has 0 bridgehead atoms. The van der Waals surface area contributed by atoms with Gasteiger partial charge in [0, 0.05) is 0 Å². The molecule has 7 heteroatoms. The molecule has 1 aliphatic heterocycles. The number of hydrogen-bond donors (Lipinski definition) is 2. The number of benzene rings is 1. The lowest BCUT2D eigenvalue weighted by Gasteiger charge is -2.21. The van der Waals surface area contributed by atoms with Crippen molar-refractivity contribution in [3.63, 3.8) is 0 Å². The first kappa shape index (κ1) is 16.4. The van der Waals surface area contributed by atoms with Crippen LogP contribution in [0.15, 0.2) is 35.2 Å². The third kappa shape index (κ3) is 3.81. The molecule has 1 fully saturated rings. The van der Waals surface area contributed by atoms with E-state index >= 15 is 0 Å². The van der Waals surface area contributed by atoms with Crippen molar-refractivity contribution in [2.75, 3.05) is 12.4 Å². The molecule has 1 saturated heterocycles. The summed E-state index contributed by atoms with van der Waals surface area (Å²) in [7, 11) is -3.63. The minimum absolute atomic E-state index is 0.141. The Bertz CT molecular complexity index is 568. The molecule has 2 rings (SSSR count). The topological polar surface area (TPSA) is 93.1 Å². The monoisotopic (exact) mass is 316 g/mol. The highest BCUT2D eigenvalue weighted by atomic mass is 32.2. The fraction of sp³-hybridized carbons (Fsp3) is 0.571. The van der Waals surface area contributed by atoms with Crippen LogP contribution >= 0.6 is 0 Å². The molecule has 118 valence electrons. The van der Waals surface area contributed by atoms with Gasteiger partial charge in [-0.05, 0) is 26.0 Å². The summed E-state index contributed by atoms with van der Waals surface area (Å²) in [6.45, 7) is 2.94. The van der Waals surface area contributed by atoms with Gasteiger partial charge in [0.2, 0.25) is 0 Å². The molecule has 1 aromatic carbocycles. The summed E-state index contributed by atoms with van der Waals surface area (Å²) in [4.78, 5) is 0.141. The molecule has 21 heavy (non-hydrogen) atoms. The van der Waals surface area contributed by atoms with E-state index in [4.69, 9.17) is 9.47 Å². The lowest BCUT2D eigenvalue weighted by atomic mass is 10.1. The third-order valence-electron chi connectivity index (χ3n) is 3.27. The maximum absolute atomic E-state index is 12.2. The number of aliphatic hydroxyl groups excluding tert-OH is 2. The number of sulfone groups is 1. The van der Waals surface area contributed by atoms with Gasteiger partial charge in [-0.15, -0.1) is 0 Å². The van der Waals surface area contributed by atoms with Crippen molar-refractivity contribution in [1.29, 1.82) is 0 Å². The van der Waals surface area contributed by atoms with Gasteiger partial charge in [0.05, 0.1) is 23.4 Å². The van der Waals surface area contributed by atoms with Gasteiger partial charge in [-0.25, -0.2) is 8.42 Å². The zero-order valence-electron chi connectivity index (χ0n) is 12.0. The van der Waals surface area contributed by atoms with Gasteiger partial charge in [0.25, 0.3) is 0 Å². The van der Waals surface area contributed by atoms with Crippen LogP contribution in [0.25, 0.3) is 0 Å². The maximum Gasteiger partial charge on any atom is 0.181 e. The van der Waals surface area contributed by atoms with E-state index in [2.05, 4.69) is 0 Å². The lowest BCUT2D eigenvalue weighted by Crippen LogP contribution is -2.41. The number of aliphatic hydroxyl groups is 2. The molecule has 0 amide bonds. The van der Waals surface area contributed by atoms with Crippen molar-refractivity contribution in [2.45, 2.75) is 42.8 Å². The first-order valence-electron chi connectivity index (χ1n) is 6.67. The van der Waals surface area contributed by atoms with E-state index in [0.29, 0.717) is 0 Å². The van der Waals surface area contributed by atoms with Crippen LogP contribution < -0.4 is 0 Å². The van der Waals surface area contributed by atoms with Crippen LogP contribution in [0.4, 0.5) is 0 Å². The summed E-state index contributed by atoms with van der Waals surface area (Å²) in [5, 5.41) is 19.5. The average molecular weight is 316 g/mol. The van der Waals surface area contributed by atoms with Crippen LogP contribution in [-0.2, 0) is 19.3 Å². The van der Waals surface area contributed by atoms with E-state index < -0.39 is 39.7 Å². The lowest BCUT2D eigenvalue weighted by molar-refractivity contribution is -0.155. The van der Waals surface area contributed by atoms with Gasteiger partial charge in [-0.1, -0.05) is 18.2 Å². The van der Waals surface area contributed by atoms with E-state index in [-0.39, 0.29) is 11.5 Å². The zero-order chi connectivity index (χ0) is 15.7. The van der Waals surface area contributed by atoms with Crippen LogP contribution in [-0.4, -0.2) is 55.1 Å². The fourth-order valence-electron chi connectivity index (χ4n) is 2.37. The number of rotatable bonds is 5. The molecule has 1 heterocycles. The smallest absolute Gasteiger partial charge is 0.181 e. The summed E-state index contributed by atoms with van der Waals surface area (Å²) in [5.41, 5.74) is 0. The second-order valence-electron chi connectivity index (χ2n) is 5.48. The van der Waals surface area contributed by atoms with Crippen molar-refractivity contribution in [2.24, 2.45) is 0 Å². The zero-order valence-corrected chi connectivity index (χ0v) is 12.8. The summed E-state index contributed by atoms with van der Waals surface area (Å²) < 4.78 is 35.4. The van der Waals surface area contributed by atoms with Crippen LogP contribution in [0.2, 0.25) is 0 Å². The summed E-state index contributed by atoms with van der Waals surface area (Å²) >= 11 is 0. The van der Waals surface area contributed by atoms with E-state index in [9.17, 15) is 18.6 Å². The van der Waals surface area contributed by atoms with E-state index in [0.717, 1.165) is 0 Å². The van der Waals surface area contributed by atoms with Gasteiger partial charge in [0.1, 0.15) is 12.2 Å². The highest BCUT2D eigenvalue weighted by Gasteiger charge is 2.45. The molecule has 1 aromatic rings. The Morgan fingerprint density at radius 2 is 1.86 bits per heavy atom. The molecule has 0 aromatic heterocycles. The van der Waals surface area contributed by atoms with Gasteiger partial charge in [-0.3, -0.25) is 0 Å². The molecule has 2 N–H and O–H groups in total. The molecular weight excluding hydrogens is 296 g/mol. The first-order valence-corrected chi connectivity index (χ1v) is 8.33. The molecular formula is C14H20O6S. The fourth-order valence-corrected chi connectivity index (χ4v) is 3.78. The minimum Gasteiger partial charge on any atom is -0.394 e. The predicted molar refractivity (Wildman–Crippen MR) is 75.4 cm³/mol. The summed E-state index contributed by atoms with van der Waals surface area (Å²) in [6.07, 6.45) is -2.92. The average Bonchev–Trinajstić information content (AvgIpc) is 2.75. The number of hydrogen-bond acceptors (Lipinski definition) is 6. The first-order chi connectivity index (χ1) is 9.75. The molecule has 1 aliphatic rings. The van der Waals surface area contributed by atoms with E-state index in [1.165, 1.54) is 12.1 Å². The Morgan fingerprint density at radius 3 is 2.43 bits per heavy atom. The molecule has 0 unspecified atom stereocenters. The van der Waals surface area contributed by atoms with Crippen molar-refractivity contribution in [3.8, 4) is 0 Å². The Hall–Kier alpha value is -0.990.